The Labute approximate surface area is 216 Å². The molecule has 6 N–H and O–H groups in total. The van der Waals surface area contributed by atoms with E-state index in [0.29, 0.717) is 35.0 Å². The van der Waals surface area contributed by atoms with Crippen molar-refractivity contribution in [2.45, 2.75) is 51.9 Å². The average Bonchev–Trinajstić information content (AvgIpc) is 2.90. The third kappa shape index (κ3) is 6.94. The Balaban J connectivity index is 2.04. The number of benzene rings is 3. The molecule has 3 aromatic carbocycles. The predicted molar refractivity (Wildman–Crippen MR) is 144 cm³/mol. The van der Waals surface area contributed by atoms with E-state index in [9.17, 15) is 20.1 Å². The summed E-state index contributed by atoms with van der Waals surface area (Å²) in [5.74, 6) is -0.282. The number of phenols is 3. The normalized spacial score (nSPS) is 11.4. The summed E-state index contributed by atoms with van der Waals surface area (Å²) in [7, 11) is 0. The number of carbonyl (C=O) groups is 1. The fourth-order valence-corrected chi connectivity index (χ4v) is 4.33. The van der Waals surface area contributed by atoms with Gasteiger partial charge in [-0.3, -0.25) is 4.79 Å². The maximum atomic E-state index is 12.1. The van der Waals surface area contributed by atoms with Crippen molar-refractivity contribution in [3.63, 3.8) is 0 Å². The van der Waals surface area contributed by atoms with Crippen molar-refractivity contribution in [1.82, 2.24) is 0 Å². The number of aldehydes is 1. The highest BCUT2D eigenvalue weighted by atomic mass is 16.5. The maximum Gasteiger partial charge on any atom is 0.177 e. The molecular weight excluding hydrogens is 472 g/mol. The molecule has 0 saturated heterocycles. The summed E-state index contributed by atoms with van der Waals surface area (Å²) < 4.78 is 5.38. The van der Waals surface area contributed by atoms with Gasteiger partial charge in [-0.25, -0.2) is 0 Å². The van der Waals surface area contributed by atoms with Crippen molar-refractivity contribution in [2.24, 2.45) is 10.9 Å². The van der Waals surface area contributed by atoms with Crippen molar-refractivity contribution in [3.05, 3.63) is 59.7 Å². The van der Waals surface area contributed by atoms with Gasteiger partial charge in [-0.05, 0) is 65.4 Å². The van der Waals surface area contributed by atoms with Gasteiger partial charge in [-0.15, -0.1) is 0 Å². The van der Waals surface area contributed by atoms with E-state index in [1.807, 2.05) is 6.07 Å². The zero-order chi connectivity index (χ0) is 26.8. The number of aryl methyl sites for hydroxylation is 1. The number of phenolic OH excluding ortho intramolecular Hbond substituents is 3. The summed E-state index contributed by atoms with van der Waals surface area (Å²) >= 11 is 0. The molecule has 3 aromatic rings. The SMILES string of the molecule is CCCCCCCCc1cc(-c2ccc(O)cc2)c(C=O)c(O)c1-c1ccc(OC/C(N)=N/O)c(O)c1. The Bertz CT molecular complexity index is 1240. The van der Waals surface area contributed by atoms with Gasteiger partial charge in [-0.2, -0.15) is 0 Å². The van der Waals surface area contributed by atoms with Crippen LogP contribution < -0.4 is 10.5 Å². The van der Waals surface area contributed by atoms with Crippen LogP contribution in [-0.2, 0) is 6.42 Å². The van der Waals surface area contributed by atoms with Crippen molar-refractivity contribution in [1.29, 1.82) is 0 Å². The number of amidine groups is 1. The maximum absolute atomic E-state index is 12.1. The molecule has 0 aliphatic carbocycles. The summed E-state index contributed by atoms with van der Waals surface area (Å²) in [6, 6.07) is 13.0. The molecule has 37 heavy (non-hydrogen) atoms. The fourth-order valence-electron chi connectivity index (χ4n) is 4.33. The smallest absolute Gasteiger partial charge is 0.177 e. The van der Waals surface area contributed by atoms with Crippen LogP contribution >= 0.6 is 0 Å². The topological polar surface area (TPSA) is 146 Å². The third-order valence-electron chi connectivity index (χ3n) is 6.27. The van der Waals surface area contributed by atoms with E-state index >= 15 is 0 Å². The summed E-state index contributed by atoms with van der Waals surface area (Å²) in [6.07, 6.45) is 7.90. The minimum Gasteiger partial charge on any atom is -0.508 e. The number of aromatic hydroxyl groups is 3. The second-order valence-corrected chi connectivity index (χ2v) is 8.97. The second-order valence-electron chi connectivity index (χ2n) is 8.97. The van der Waals surface area contributed by atoms with Gasteiger partial charge in [-0.1, -0.05) is 62.4 Å². The summed E-state index contributed by atoms with van der Waals surface area (Å²) in [5, 5.41) is 43.1. The minimum atomic E-state index is -0.214. The molecule has 0 amide bonds. The van der Waals surface area contributed by atoms with E-state index in [-0.39, 0.29) is 41.0 Å². The average molecular weight is 507 g/mol. The molecule has 0 fully saturated rings. The number of oxime groups is 1. The molecule has 0 aliphatic rings. The van der Waals surface area contributed by atoms with E-state index in [2.05, 4.69) is 12.1 Å². The zero-order valence-electron chi connectivity index (χ0n) is 21.0. The van der Waals surface area contributed by atoms with Gasteiger partial charge in [0.1, 0.15) is 18.1 Å². The Morgan fingerprint density at radius 1 is 0.946 bits per heavy atom. The lowest BCUT2D eigenvalue weighted by atomic mass is 9.87. The molecule has 0 radical (unpaired) electrons. The standard InChI is InChI=1S/C29H34N2O6/c1-2-3-4-5-6-7-8-20-15-23(19-9-12-22(33)13-10-19)24(17-32)29(35)28(20)21-11-14-26(25(34)16-21)37-18-27(30)31-36/h9-17,33-36H,2-8,18H2,1H3,(H2,30,31). The number of rotatable bonds is 13. The third-order valence-corrected chi connectivity index (χ3v) is 6.27. The van der Waals surface area contributed by atoms with Crippen LogP contribution in [0.3, 0.4) is 0 Å². The number of carbonyl (C=O) groups excluding carboxylic acids is 1. The molecular formula is C29H34N2O6. The Kier molecular flexibility index (Phi) is 9.77. The number of nitrogens with two attached hydrogens (primary N) is 1. The van der Waals surface area contributed by atoms with Gasteiger partial charge in [0.05, 0.1) is 5.56 Å². The zero-order valence-corrected chi connectivity index (χ0v) is 21.0. The van der Waals surface area contributed by atoms with Crippen molar-refractivity contribution in [3.8, 4) is 45.3 Å². The first-order chi connectivity index (χ1) is 17.9. The highest BCUT2D eigenvalue weighted by molar-refractivity contribution is 5.96. The molecule has 0 aromatic heterocycles. The van der Waals surface area contributed by atoms with Gasteiger partial charge >= 0.3 is 0 Å². The number of ether oxygens (including phenoxy) is 1. The summed E-state index contributed by atoms with van der Waals surface area (Å²) in [4.78, 5) is 12.1. The Morgan fingerprint density at radius 3 is 2.27 bits per heavy atom. The molecule has 0 bridgehead atoms. The molecule has 8 nitrogen and oxygen atoms in total. The molecule has 8 heteroatoms. The van der Waals surface area contributed by atoms with Crippen LogP contribution in [0.15, 0.2) is 53.7 Å². The van der Waals surface area contributed by atoms with Gasteiger partial charge in [0.2, 0.25) is 0 Å². The summed E-state index contributed by atoms with van der Waals surface area (Å²) in [5.41, 5.74) is 8.65. The number of hydrogen-bond acceptors (Lipinski definition) is 7. The Morgan fingerprint density at radius 2 is 1.62 bits per heavy atom. The van der Waals surface area contributed by atoms with E-state index in [4.69, 9.17) is 15.7 Å². The first-order valence-electron chi connectivity index (χ1n) is 12.5. The highest BCUT2D eigenvalue weighted by Crippen LogP contribution is 2.43. The van der Waals surface area contributed by atoms with Crippen LogP contribution in [0.4, 0.5) is 0 Å². The van der Waals surface area contributed by atoms with Crippen LogP contribution in [0.1, 0.15) is 61.4 Å². The molecule has 0 heterocycles. The van der Waals surface area contributed by atoms with Gasteiger partial charge in [0.25, 0.3) is 0 Å². The lowest BCUT2D eigenvalue weighted by Gasteiger charge is -2.18. The second kappa shape index (κ2) is 13.2. The van der Waals surface area contributed by atoms with Crippen LogP contribution in [0.5, 0.6) is 23.0 Å². The molecule has 0 aliphatic heterocycles. The predicted octanol–water partition coefficient (Wildman–Crippen LogP) is 5.98. The lowest BCUT2D eigenvalue weighted by molar-refractivity contribution is 0.112. The molecule has 0 saturated carbocycles. The van der Waals surface area contributed by atoms with E-state index in [0.717, 1.165) is 24.8 Å². The monoisotopic (exact) mass is 506 g/mol. The van der Waals surface area contributed by atoms with Gasteiger partial charge in [0.15, 0.2) is 23.6 Å². The largest absolute Gasteiger partial charge is 0.508 e. The van der Waals surface area contributed by atoms with Crippen LogP contribution in [0.2, 0.25) is 0 Å². The summed E-state index contributed by atoms with van der Waals surface area (Å²) in [6.45, 7) is 1.96. The number of unbranched alkanes of at least 4 members (excludes halogenated alkanes) is 5. The van der Waals surface area contributed by atoms with Gasteiger partial charge in [0, 0.05) is 5.56 Å². The number of nitrogens with zero attached hydrogens (tertiary/aromatic N) is 1. The quantitative estimate of drug-likeness (QED) is 0.0479. The van der Waals surface area contributed by atoms with Crippen molar-refractivity contribution in [2.75, 3.05) is 6.61 Å². The fraction of sp³-hybridized carbons (Fsp3) is 0.310. The van der Waals surface area contributed by atoms with Crippen LogP contribution in [-0.4, -0.2) is 39.3 Å². The Hall–Kier alpha value is -4.20. The molecule has 196 valence electrons. The number of hydrogen-bond donors (Lipinski definition) is 5. The molecule has 0 spiro atoms. The first kappa shape index (κ1) is 27.4. The van der Waals surface area contributed by atoms with E-state index < -0.39 is 0 Å². The molecule has 0 atom stereocenters. The molecule has 0 unspecified atom stereocenters. The lowest BCUT2D eigenvalue weighted by Crippen LogP contribution is -2.20. The molecule has 3 rings (SSSR count). The van der Waals surface area contributed by atoms with Gasteiger partial charge < -0.3 is 31.0 Å². The van der Waals surface area contributed by atoms with Crippen LogP contribution in [0, 0.1) is 0 Å². The first-order valence-corrected chi connectivity index (χ1v) is 12.5. The van der Waals surface area contributed by atoms with E-state index in [1.165, 1.54) is 43.5 Å². The highest BCUT2D eigenvalue weighted by Gasteiger charge is 2.21. The van der Waals surface area contributed by atoms with E-state index in [1.54, 1.807) is 18.2 Å². The van der Waals surface area contributed by atoms with Crippen molar-refractivity contribution < 1.29 is 30.1 Å². The van der Waals surface area contributed by atoms with Crippen LogP contribution in [0.25, 0.3) is 22.3 Å². The minimum absolute atomic E-state index is 0.106. The van der Waals surface area contributed by atoms with Crippen molar-refractivity contribution >= 4 is 12.1 Å².